The number of methoxy groups -OCH3 is 1. The number of nitrogens with one attached hydrogen (secondary N) is 1. The van der Waals surface area contributed by atoms with E-state index >= 15 is 0 Å². The third kappa shape index (κ3) is 2.30. The molecule has 1 N–H and O–H groups in total. The summed E-state index contributed by atoms with van der Waals surface area (Å²) < 4.78 is 19.4. The summed E-state index contributed by atoms with van der Waals surface area (Å²) in [6.07, 6.45) is 0. The van der Waals surface area contributed by atoms with Gasteiger partial charge >= 0.3 is 0 Å². The first-order chi connectivity index (χ1) is 10.2. The Morgan fingerprint density at radius 3 is 3.00 bits per heavy atom. The number of hydrogen-bond acceptors (Lipinski definition) is 4. The molecular weight excluding hydrogens is 315 g/mol. The number of fused-ring (bicyclic) bond motifs is 1. The van der Waals surface area contributed by atoms with Gasteiger partial charge in [-0.05, 0) is 12.1 Å². The molecule has 0 spiro atoms. The fourth-order valence-electron chi connectivity index (χ4n) is 2.18. The van der Waals surface area contributed by atoms with Gasteiger partial charge < -0.3 is 9.72 Å². The van der Waals surface area contributed by atoms with Gasteiger partial charge in [0.15, 0.2) is 0 Å². The zero-order chi connectivity index (χ0) is 15.0. The number of halogens is 2. The van der Waals surface area contributed by atoms with Gasteiger partial charge in [-0.25, -0.2) is 9.37 Å². The number of aromatic amines is 1. The Balaban J connectivity index is 2.35. The maximum absolute atomic E-state index is 14.2. The van der Waals surface area contributed by atoms with Gasteiger partial charge in [0.05, 0.1) is 23.9 Å². The lowest BCUT2D eigenvalue weighted by atomic mass is 10.0. The van der Waals surface area contributed by atoms with E-state index in [9.17, 15) is 9.18 Å². The molecule has 0 aliphatic rings. The molecule has 3 aromatic rings. The van der Waals surface area contributed by atoms with E-state index in [1.165, 1.54) is 24.5 Å². The molecule has 0 aliphatic carbocycles. The first kappa shape index (κ1) is 14.0. The number of aromatic nitrogens is 2. The topological polar surface area (TPSA) is 55.0 Å². The molecular formula is C14H10ClFN2O2S. The van der Waals surface area contributed by atoms with Crippen molar-refractivity contribution in [3.05, 3.63) is 45.6 Å². The summed E-state index contributed by atoms with van der Waals surface area (Å²) in [5.74, 6) is 0.426. The number of rotatable bonds is 3. The van der Waals surface area contributed by atoms with Crippen LogP contribution in [0.5, 0.6) is 5.75 Å². The highest BCUT2D eigenvalue weighted by Crippen LogP contribution is 2.38. The van der Waals surface area contributed by atoms with E-state index in [2.05, 4.69) is 9.97 Å². The Bertz CT molecular complexity index is 875. The maximum atomic E-state index is 14.2. The minimum absolute atomic E-state index is 0.113. The largest absolute Gasteiger partial charge is 0.496 e. The quantitative estimate of drug-likeness (QED) is 0.750. The second-order valence-corrected chi connectivity index (χ2v) is 5.42. The smallest absolute Gasteiger partial charge is 0.260 e. The summed E-state index contributed by atoms with van der Waals surface area (Å²) >= 11 is 6.96. The molecule has 108 valence electrons. The van der Waals surface area contributed by atoms with Gasteiger partial charge in [0, 0.05) is 10.9 Å². The average Bonchev–Trinajstić information content (AvgIpc) is 2.90. The molecule has 0 unspecified atom stereocenters. The van der Waals surface area contributed by atoms with Crippen molar-refractivity contribution < 1.29 is 9.13 Å². The second kappa shape index (κ2) is 5.46. The fourth-order valence-corrected chi connectivity index (χ4v) is 3.25. The Kier molecular flexibility index (Phi) is 3.65. The average molecular weight is 325 g/mol. The number of nitrogens with zero attached hydrogens (tertiary/aromatic N) is 1. The van der Waals surface area contributed by atoms with E-state index in [1.807, 2.05) is 0 Å². The third-order valence-electron chi connectivity index (χ3n) is 3.08. The van der Waals surface area contributed by atoms with Crippen LogP contribution in [-0.2, 0) is 5.88 Å². The number of ether oxygens (including phenoxy) is 1. The number of H-pyrrole nitrogens is 1. The van der Waals surface area contributed by atoms with Gasteiger partial charge in [0.2, 0.25) is 0 Å². The van der Waals surface area contributed by atoms with Crippen LogP contribution >= 0.6 is 22.9 Å². The van der Waals surface area contributed by atoms with Crippen molar-refractivity contribution in [2.45, 2.75) is 5.88 Å². The maximum Gasteiger partial charge on any atom is 0.260 e. The number of alkyl halides is 1. The predicted octanol–water partition coefficient (Wildman–Crippen LogP) is 3.54. The van der Waals surface area contributed by atoms with Crippen LogP contribution in [0.3, 0.4) is 0 Å². The molecule has 0 saturated carbocycles. The van der Waals surface area contributed by atoms with Crippen molar-refractivity contribution in [2.24, 2.45) is 0 Å². The molecule has 0 aliphatic heterocycles. The standard InChI is InChI=1S/C14H10ClFN2O2S/c1-20-9-4-2-3-8(16)11(9)7-6-21-14-12(7)13(19)17-10(5-15)18-14/h2-4,6H,5H2,1H3,(H,17,18,19). The van der Waals surface area contributed by atoms with Crippen LogP contribution < -0.4 is 10.3 Å². The minimum atomic E-state index is -0.449. The first-order valence-corrected chi connectivity index (χ1v) is 7.46. The molecule has 2 heterocycles. The van der Waals surface area contributed by atoms with Crippen LogP contribution in [0.2, 0.25) is 0 Å². The van der Waals surface area contributed by atoms with Crippen molar-refractivity contribution in [3.8, 4) is 16.9 Å². The zero-order valence-corrected chi connectivity index (χ0v) is 12.5. The Labute approximate surface area is 128 Å². The van der Waals surface area contributed by atoms with Crippen molar-refractivity contribution in [1.29, 1.82) is 0 Å². The van der Waals surface area contributed by atoms with Gasteiger partial charge in [-0.15, -0.1) is 22.9 Å². The lowest BCUT2D eigenvalue weighted by molar-refractivity contribution is 0.413. The molecule has 3 rings (SSSR count). The van der Waals surface area contributed by atoms with Crippen molar-refractivity contribution in [2.75, 3.05) is 7.11 Å². The van der Waals surface area contributed by atoms with Crippen LogP contribution in [0.1, 0.15) is 5.82 Å². The monoisotopic (exact) mass is 324 g/mol. The van der Waals surface area contributed by atoms with Crippen LogP contribution in [0.15, 0.2) is 28.4 Å². The molecule has 7 heteroatoms. The molecule has 0 saturated heterocycles. The van der Waals surface area contributed by atoms with E-state index in [4.69, 9.17) is 16.3 Å². The van der Waals surface area contributed by atoms with E-state index in [1.54, 1.807) is 17.5 Å². The van der Waals surface area contributed by atoms with Gasteiger partial charge in [0.1, 0.15) is 22.2 Å². The molecule has 4 nitrogen and oxygen atoms in total. The summed E-state index contributed by atoms with van der Waals surface area (Å²) in [6.45, 7) is 0. The third-order valence-corrected chi connectivity index (χ3v) is 4.21. The molecule has 0 bridgehead atoms. The van der Waals surface area contributed by atoms with Crippen LogP contribution in [0.25, 0.3) is 21.3 Å². The molecule has 0 fully saturated rings. The minimum Gasteiger partial charge on any atom is -0.496 e. The molecule has 21 heavy (non-hydrogen) atoms. The van der Waals surface area contributed by atoms with Crippen LogP contribution in [0, 0.1) is 5.82 Å². The highest BCUT2D eigenvalue weighted by molar-refractivity contribution is 7.17. The van der Waals surface area contributed by atoms with Gasteiger partial charge in [-0.3, -0.25) is 4.79 Å². The Morgan fingerprint density at radius 1 is 1.48 bits per heavy atom. The van der Waals surface area contributed by atoms with Crippen LogP contribution in [-0.4, -0.2) is 17.1 Å². The van der Waals surface area contributed by atoms with Crippen molar-refractivity contribution in [3.63, 3.8) is 0 Å². The summed E-state index contributed by atoms with van der Waals surface area (Å²) in [5, 5.41) is 2.04. The van der Waals surface area contributed by atoms with Crippen molar-refractivity contribution in [1.82, 2.24) is 9.97 Å². The van der Waals surface area contributed by atoms with E-state index in [0.717, 1.165) is 0 Å². The van der Waals surface area contributed by atoms with Gasteiger partial charge in [0.25, 0.3) is 5.56 Å². The summed E-state index contributed by atoms with van der Waals surface area (Å²) in [6, 6.07) is 4.53. The van der Waals surface area contributed by atoms with Gasteiger partial charge in [-0.1, -0.05) is 6.07 Å². The Morgan fingerprint density at radius 2 is 2.29 bits per heavy atom. The molecule has 1 aromatic carbocycles. The highest BCUT2D eigenvalue weighted by atomic mass is 35.5. The van der Waals surface area contributed by atoms with Gasteiger partial charge in [-0.2, -0.15) is 0 Å². The second-order valence-electron chi connectivity index (χ2n) is 4.29. The zero-order valence-electron chi connectivity index (χ0n) is 10.9. The Hall–Kier alpha value is -1.92. The lowest BCUT2D eigenvalue weighted by Crippen LogP contribution is -2.10. The molecule has 0 radical (unpaired) electrons. The lowest BCUT2D eigenvalue weighted by Gasteiger charge is -2.08. The molecule has 0 amide bonds. The summed E-state index contributed by atoms with van der Waals surface area (Å²) in [7, 11) is 1.46. The highest BCUT2D eigenvalue weighted by Gasteiger charge is 2.19. The van der Waals surface area contributed by atoms with E-state index < -0.39 is 5.82 Å². The van der Waals surface area contributed by atoms with E-state index in [0.29, 0.717) is 27.4 Å². The SMILES string of the molecule is COc1cccc(F)c1-c1csc2nc(CCl)[nH]c(=O)c12. The van der Waals surface area contributed by atoms with E-state index in [-0.39, 0.29) is 17.0 Å². The number of hydrogen-bond donors (Lipinski definition) is 1. The fraction of sp³-hybridized carbons (Fsp3) is 0.143. The number of thiophene rings is 1. The predicted molar refractivity (Wildman–Crippen MR) is 81.7 cm³/mol. The van der Waals surface area contributed by atoms with Crippen molar-refractivity contribution >= 4 is 33.2 Å². The molecule has 0 atom stereocenters. The number of benzene rings is 1. The first-order valence-electron chi connectivity index (χ1n) is 6.05. The normalized spacial score (nSPS) is 11.0. The summed E-state index contributed by atoms with van der Waals surface area (Å²) in [5.41, 5.74) is 0.397. The summed E-state index contributed by atoms with van der Waals surface area (Å²) in [4.78, 5) is 19.6. The van der Waals surface area contributed by atoms with Crippen LogP contribution in [0.4, 0.5) is 4.39 Å². The molecule has 2 aromatic heterocycles.